The number of nitrogens with zero attached hydrogens (tertiary/aromatic N) is 1. The zero-order valence-corrected chi connectivity index (χ0v) is 11.5. The molecule has 1 aromatic carbocycles. The van der Waals surface area contributed by atoms with Crippen molar-refractivity contribution in [2.75, 3.05) is 33.8 Å². The second kappa shape index (κ2) is 5.23. The van der Waals surface area contributed by atoms with E-state index in [4.69, 9.17) is 9.15 Å². The fourth-order valence-electron chi connectivity index (χ4n) is 2.80. The Kier molecular flexibility index (Phi) is 3.44. The van der Waals surface area contributed by atoms with Crippen LogP contribution in [0.1, 0.15) is 18.0 Å². The van der Waals surface area contributed by atoms with E-state index in [1.54, 1.807) is 7.11 Å². The Hall–Kier alpha value is -1.52. The number of likely N-dealkylation sites (N-methyl/N-ethyl adjacent to an activating group) is 1. The van der Waals surface area contributed by atoms with E-state index in [0.717, 1.165) is 42.8 Å². The highest BCUT2D eigenvalue weighted by Gasteiger charge is 2.23. The standard InChI is InChI=1S/C15H20N2O2/c1-17-8-7-16-6-5-14(17)13-10-19-15-4-3-11(18-2)9-12(13)15/h3-4,9-10,14,16H,5-8H2,1-2H3. The first-order chi connectivity index (χ1) is 9.29. The minimum atomic E-state index is 0.406. The molecule has 0 saturated carbocycles. The summed E-state index contributed by atoms with van der Waals surface area (Å²) in [6.45, 7) is 3.15. The van der Waals surface area contributed by atoms with Crippen LogP contribution < -0.4 is 10.1 Å². The average Bonchev–Trinajstić information content (AvgIpc) is 2.73. The van der Waals surface area contributed by atoms with Crippen molar-refractivity contribution >= 4 is 11.0 Å². The molecule has 1 atom stereocenters. The third-order valence-corrected chi connectivity index (χ3v) is 3.94. The summed E-state index contributed by atoms with van der Waals surface area (Å²) in [5.41, 5.74) is 2.20. The largest absolute Gasteiger partial charge is 0.497 e. The van der Waals surface area contributed by atoms with Crippen molar-refractivity contribution < 1.29 is 9.15 Å². The molecule has 0 amide bonds. The van der Waals surface area contributed by atoms with Crippen LogP contribution in [0.4, 0.5) is 0 Å². The molecule has 0 spiro atoms. The van der Waals surface area contributed by atoms with Crippen molar-refractivity contribution in [3.8, 4) is 5.75 Å². The Balaban J connectivity index is 2.03. The van der Waals surface area contributed by atoms with Crippen LogP contribution >= 0.6 is 0 Å². The van der Waals surface area contributed by atoms with Crippen LogP contribution in [-0.2, 0) is 0 Å². The fraction of sp³-hybridized carbons (Fsp3) is 0.467. The molecule has 3 rings (SSSR count). The quantitative estimate of drug-likeness (QED) is 0.900. The van der Waals surface area contributed by atoms with Gasteiger partial charge in [-0.15, -0.1) is 0 Å². The van der Waals surface area contributed by atoms with E-state index in [-0.39, 0.29) is 0 Å². The maximum atomic E-state index is 5.69. The van der Waals surface area contributed by atoms with Crippen molar-refractivity contribution in [2.24, 2.45) is 0 Å². The number of ether oxygens (including phenoxy) is 1. The van der Waals surface area contributed by atoms with E-state index in [0.29, 0.717) is 6.04 Å². The fourth-order valence-corrected chi connectivity index (χ4v) is 2.80. The predicted octanol–water partition coefficient (Wildman–Crippen LogP) is 2.41. The maximum absolute atomic E-state index is 5.69. The molecule has 1 aliphatic rings. The Labute approximate surface area is 113 Å². The molecule has 0 aliphatic carbocycles. The third-order valence-electron chi connectivity index (χ3n) is 3.94. The summed E-state index contributed by atoms with van der Waals surface area (Å²) < 4.78 is 11.0. The summed E-state index contributed by atoms with van der Waals surface area (Å²) in [6.07, 6.45) is 3.00. The van der Waals surface area contributed by atoms with Crippen LogP contribution in [0.25, 0.3) is 11.0 Å². The van der Waals surface area contributed by atoms with Gasteiger partial charge in [0.15, 0.2) is 0 Å². The number of furan rings is 1. The molecule has 4 nitrogen and oxygen atoms in total. The number of benzene rings is 1. The van der Waals surface area contributed by atoms with Crippen LogP contribution in [0, 0.1) is 0 Å². The van der Waals surface area contributed by atoms with Crippen molar-refractivity contribution in [1.29, 1.82) is 0 Å². The molecule has 1 unspecified atom stereocenters. The molecule has 19 heavy (non-hydrogen) atoms. The predicted molar refractivity (Wildman–Crippen MR) is 75.6 cm³/mol. The first-order valence-corrected chi connectivity index (χ1v) is 6.75. The van der Waals surface area contributed by atoms with Gasteiger partial charge < -0.3 is 14.5 Å². The Morgan fingerprint density at radius 2 is 2.26 bits per heavy atom. The van der Waals surface area contributed by atoms with Crippen molar-refractivity contribution in [2.45, 2.75) is 12.5 Å². The Bertz CT molecular complexity index is 564. The van der Waals surface area contributed by atoms with Gasteiger partial charge in [-0.05, 0) is 38.2 Å². The molecule has 0 bridgehead atoms. The normalized spacial score (nSPS) is 21.5. The molecule has 1 aliphatic heterocycles. The van der Waals surface area contributed by atoms with Gasteiger partial charge in [0.25, 0.3) is 0 Å². The number of rotatable bonds is 2. The number of hydrogen-bond donors (Lipinski definition) is 1. The SMILES string of the molecule is COc1ccc2occ(C3CCNCCN3C)c2c1. The molecule has 102 valence electrons. The maximum Gasteiger partial charge on any atom is 0.134 e. The van der Waals surface area contributed by atoms with Crippen molar-refractivity contribution in [1.82, 2.24) is 10.2 Å². The number of hydrogen-bond acceptors (Lipinski definition) is 4. The van der Waals surface area contributed by atoms with Gasteiger partial charge in [0, 0.05) is 30.1 Å². The highest BCUT2D eigenvalue weighted by atomic mass is 16.5. The van der Waals surface area contributed by atoms with Crippen molar-refractivity contribution in [3.63, 3.8) is 0 Å². The summed E-state index contributed by atoms with van der Waals surface area (Å²) in [5, 5.41) is 4.61. The van der Waals surface area contributed by atoms with E-state index >= 15 is 0 Å². The molecular formula is C15H20N2O2. The van der Waals surface area contributed by atoms with E-state index in [2.05, 4.69) is 23.3 Å². The van der Waals surface area contributed by atoms with E-state index in [1.807, 2.05) is 18.4 Å². The monoisotopic (exact) mass is 260 g/mol. The lowest BCUT2D eigenvalue weighted by molar-refractivity contribution is 0.258. The average molecular weight is 260 g/mol. The minimum absolute atomic E-state index is 0.406. The lowest BCUT2D eigenvalue weighted by atomic mass is 10.0. The molecule has 0 radical (unpaired) electrons. The summed E-state index contributed by atoms with van der Waals surface area (Å²) in [6, 6.07) is 6.39. The minimum Gasteiger partial charge on any atom is -0.497 e. The van der Waals surface area contributed by atoms with Gasteiger partial charge in [0.2, 0.25) is 0 Å². The van der Waals surface area contributed by atoms with Gasteiger partial charge in [-0.25, -0.2) is 0 Å². The summed E-state index contributed by atoms with van der Waals surface area (Å²) in [7, 11) is 3.87. The number of fused-ring (bicyclic) bond motifs is 1. The Morgan fingerprint density at radius 3 is 3.11 bits per heavy atom. The van der Waals surface area contributed by atoms with Gasteiger partial charge in [-0.2, -0.15) is 0 Å². The smallest absolute Gasteiger partial charge is 0.134 e. The van der Waals surface area contributed by atoms with Crippen LogP contribution in [0.2, 0.25) is 0 Å². The highest BCUT2D eigenvalue weighted by molar-refractivity contribution is 5.83. The molecule has 1 aromatic heterocycles. The molecule has 2 heterocycles. The summed E-state index contributed by atoms with van der Waals surface area (Å²) in [5.74, 6) is 0.879. The lowest BCUT2D eigenvalue weighted by Gasteiger charge is -2.24. The van der Waals surface area contributed by atoms with Gasteiger partial charge in [-0.3, -0.25) is 4.90 Å². The van der Waals surface area contributed by atoms with Gasteiger partial charge in [0.1, 0.15) is 11.3 Å². The molecule has 2 aromatic rings. The zero-order valence-electron chi connectivity index (χ0n) is 11.5. The van der Waals surface area contributed by atoms with Gasteiger partial charge in [-0.1, -0.05) is 0 Å². The van der Waals surface area contributed by atoms with Gasteiger partial charge >= 0.3 is 0 Å². The second-order valence-electron chi connectivity index (χ2n) is 5.09. The first kappa shape index (κ1) is 12.5. The summed E-state index contributed by atoms with van der Waals surface area (Å²) in [4.78, 5) is 2.39. The summed E-state index contributed by atoms with van der Waals surface area (Å²) >= 11 is 0. The molecular weight excluding hydrogens is 240 g/mol. The molecule has 1 saturated heterocycles. The van der Waals surface area contributed by atoms with Gasteiger partial charge in [0.05, 0.1) is 13.4 Å². The van der Waals surface area contributed by atoms with Crippen LogP contribution in [0.3, 0.4) is 0 Å². The third kappa shape index (κ3) is 2.33. The molecule has 1 N–H and O–H groups in total. The van der Waals surface area contributed by atoms with Crippen LogP contribution in [0.15, 0.2) is 28.9 Å². The Morgan fingerprint density at radius 1 is 1.37 bits per heavy atom. The second-order valence-corrected chi connectivity index (χ2v) is 5.09. The molecule has 1 fully saturated rings. The van der Waals surface area contributed by atoms with E-state index in [1.165, 1.54) is 5.56 Å². The highest BCUT2D eigenvalue weighted by Crippen LogP contribution is 2.33. The van der Waals surface area contributed by atoms with E-state index < -0.39 is 0 Å². The number of methoxy groups -OCH3 is 1. The van der Waals surface area contributed by atoms with Crippen LogP contribution in [0.5, 0.6) is 5.75 Å². The first-order valence-electron chi connectivity index (χ1n) is 6.75. The zero-order chi connectivity index (χ0) is 13.2. The molecule has 4 heteroatoms. The number of nitrogens with one attached hydrogen (secondary N) is 1. The van der Waals surface area contributed by atoms with Crippen molar-refractivity contribution in [3.05, 3.63) is 30.0 Å². The van der Waals surface area contributed by atoms with Crippen LogP contribution in [-0.4, -0.2) is 38.7 Å². The lowest BCUT2D eigenvalue weighted by Crippen LogP contribution is -2.26. The van der Waals surface area contributed by atoms with E-state index in [9.17, 15) is 0 Å². The topological polar surface area (TPSA) is 37.6 Å².